The summed E-state index contributed by atoms with van der Waals surface area (Å²) in [5.41, 5.74) is 1.51. The summed E-state index contributed by atoms with van der Waals surface area (Å²) < 4.78 is 10.5. The molecule has 26 heavy (non-hydrogen) atoms. The van der Waals surface area contributed by atoms with E-state index in [0.29, 0.717) is 6.54 Å². The highest BCUT2D eigenvalue weighted by molar-refractivity contribution is 5.97. The van der Waals surface area contributed by atoms with Crippen molar-refractivity contribution in [3.05, 3.63) is 47.7 Å². The SMILES string of the molecule is CC(C)(C)c1cc(NC(=O)C2COCC(=O)N2Cc2ccccc2)on1. The van der Waals surface area contributed by atoms with Crippen LogP contribution in [0, 0.1) is 0 Å². The fourth-order valence-electron chi connectivity index (χ4n) is 2.69. The smallest absolute Gasteiger partial charge is 0.251 e. The lowest BCUT2D eigenvalue weighted by molar-refractivity contribution is -0.154. The van der Waals surface area contributed by atoms with Crippen molar-refractivity contribution < 1.29 is 18.8 Å². The average molecular weight is 357 g/mol. The van der Waals surface area contributed by atoms with Gasteiger partial charge in [-0.15, -0.1) is 0 Å². The summed E-state index contributed by atoms with van der Waals surface area (Å²) in [5, 5.41) is 6.68. The first-order valence-electron chi connectivity index (χ1n) is 8.54. The van der Waals surface area contributed by atoms with Crippen LogP contribution in [-0.2, 0) is 26.3 Å². The van der Waals surface area contributed by atoms with Crippen LogP contribution in [0.3, 0.4) is 0 Å². The second-order valence-electron chi connectivity index (χ2n) is 7.35. The number of carbonyl (C=O) groups excluding carboxylic acids is 2. The zero-order valence-corrected chi connectivity index (χ0v) is 15.2. The number of rotatable bonds is 4. The Morgan fingerprint density at radius 2 is 2.04 bits per heavy atom. The molecule has 138 valence electrons. The van der Waals surface area contributed by atoms with Crippen molar-refractivity contribution in [1.29, 1.82) is 0 Å². The van der Waals surface area contributed by atoms with Crippen LogP contribution in [0.4, 0.5) is 5.88 Å². The minimum absolute atomic E-state index is 0.0207. The van der Waals surface area contributed by atoms with E-state index in [4.69, 9.17) is 9.26 Å². The van der Waals surface area contributed by atoms with Gasteiger partial charge in [0.15, 0.2) is 0 Å². The molecule has 2 aromatic rings. The van der Waals surface area contributed by atoms with Gasteiger partial charge in [0.1, 0.15) is 12.6 Å². The second kappa shape index (κ2) is 7.29. The van der Waals surface area contributed by atoms with Gasteiger partial charge in [-0.1, -0.05) is 56.3 Å². The van der Waals surface area contributed by atoms with E-state index in [1.165, 1.54) is 4.90 Å². The molecule has 1 aliphatic heterocycles. The maximum Gasteiger partial charge on any atom is 0.251 e. The van der Waals surface area contributed by atoms with Crippen LogP contribution < -0.4 is 5.32 Å². The number of amides is 2. The van der Waals surface area contributed by atoms with Gasteiger partial charge in [-0.2, -0.15) is 0 Å². The Labute approximate surface area is 152 Å². The molecule has 7 nitrogen and oxygen atoms in total. The maximum atomic E-state index is 12.7. The molecule has 1 aliphatic rings. The Morgan fingerprint density at radius 3 is 2.69 bits per heavy atom. The molecular weight excluding hydrogens is 334 g/mol. The normalized spacial score (nSPS) is 18.0. The molecule has 1 N–H and O–H groups in total. The number of benzene rings is 1. The fourth-order valence-corrected chi connectivity index (χ4v) is 2.69. The fraction of sp³-hybridized carbons (Fsp3) is 0.421. The molecule has 0 saturated carbocycles. The first-order chi connectivity index (χ1) is 12.3. The average Bonchev–Trinajstić information content (AvgIpc) is 3.06. The van der Waals surface area contributed by atoms with Gasteiger partial charge in [0.25, 0.3) is 5.91 Å². The molecule has 0 aliphatic carbocycles. The molecule has 0 bridgehead atoms. The zero-order chi connectivity index (χ0) is 18.7. The highest BCUT2D eigenvalue weighted by Gasteiger charge is 2.34. The minimum Gasteiger partial charge on any atom is -0.369 e. The van der Waals surface area contributed by atoms with E-state index in [-0.39, 0.29) is 36.3 Å². The highest BCUT2D eigenvalue weighted by Crippen LogP contribution is 2.24. The number of ether oxygens (including phenoxy) is 1. The van der Waals surface area contributed by atoms with E-state index in [0.717, 1.165) is 11.3 Å². The van der Waals surface area contributed by atoms with E-state index in [9.17, 15) is 9.59 Å². The van der Waals surface area contributed by atoms with Crippen LogP contribution in [0.5, 0.6) is 0 Å². The Morgan fingerprint density at radius 1 is 1.31 bits per heavy atom. The van der Waals surface area contributed by atoms with Crippen molar-refractivity contribution in [2.24, 2.45) is 0 Å². The van der Waals surface area contributed by atoms with Crippen molar-refractivity contribution in [3.63, 3.8) is 0 Å². The molecule has 2 amide bonds. The first-order valence-corrected chi connectivity index (χ1v) is 8.54. The molecule has 2 heterocycles. The van der Waals surface area contributed by atoms with Gasteiger partial charge in [0.2, 0.25) is 11.8 Å². The number of morpholine rings is 1. The second-order valence-corrected chi connectivity index (χ2v) is 7.35. The molecule has 3 rings (SSSR count). The lowest BCUT2D eigenvalue weighted by Gasteiger charge is -2.34. The number of nitrogens with zero attached hydrogens (tertiary/aromatic N) is 2. The van der Waals surface area contributed by atoms with Gasteiger partial charge in [-0.05, 0) is 5.56 Å². The number of nitrogens with one attached hydrogen (secondary N) is 1. The summed E-state index contributed by atoms with van der Waals surface area (Å²) in [6.07, 6.45) is 0. The summed E-state index contributed by atoms with van der Waals surface area (Å²) in [5.74, 6) is -0.309. The lowest BCUT2D eigenvalue weighted by Crippen LogP contribution is -2.54. The summed E-state index contributed by atoms with van der Waals surface area (Å²) in [6, 6.07) is 10.5. The molecular formula is C19H23N3O4. The topological polar surface area (TPSA) is 84.7 Å². The molecule has 1 aromatic heterocycles. The summed E-state index contributed by atoms with van der Waals surface area (Å²) >= 11 is 0. The van der Waals surface area contributed by atoms with E-state index >= 15 is 0 Å². The van der Waals surface area contributed by atoms with Gasteiger partial charge in [-0.3, -0.25) is 14.9 Å². The van der Waals surface area contributed by atoms with Gasteiger partial charge >= 0.3 is 0 Å². The molecule has 1 atom stereocenters. The molecule has 1 aromatic carbocycles. The Hall–Kier alpha value is -2.67. The standard InChI is InChI=1S/C19H23N3O4/c1-19(2,3)15-9-16(26-21-15)20-18(24)14-11-25-12-17(23)22(14)10-13-7-5-4-6-8-13/h4-9,14H,10-12H2,1-3H3,(H,20,24). The third-order valence-electron chi connectivity index (χ3n) is 4.22. The first kappa shape index (κ1) is 18.1. The van der Waals surface area contributed by atoms with Crippen LogP contribution in [0.25, 0.3) is 0 Å². The predicted molar refractivity (Wildman–Crippen MR) is 95.4 cm³/mol. The van der Waals surface area contributed by atoms with Crippen LogP contribution in [-0.4, -0.2) is 41.1 Å². The van der Waals surface area contributed by atoms with E-state index in [1.807, 2.05) is 51.1 Å². The van der Waals surface area contributed by atoms with Gasteiger partial charge in [-0.25, -0.2) is 0 Å². The van der Waals surface area contributed by atoms with E-state index in [1.54, 1.807) is 6.07 Å². The molecule has 0 spiro atoms. The number of hydrogen-bond donors (Lipinski definition) is 1. The molecule has 7 heteroatoms. The van der Waals surface area contributed by atoms with Crippen molar-refractivity contribution >= 4 is 17.7 Å². The Bertz CT molecular complexity index is 780. The van der Waals surface area contributed by atoms with Crippen LogP contribution in [0.2, 0.25) is 0 Å². The lowest BCUT2D eigenvalue weighted by atomic mass is 9.92. The monoisotopic (exact) mass is 357 g/mol. The zero-order valence-electron chi connectivity index (χ0n) is 15.2. The Balaban J connectivity index is 1.73. The highest BCUT2D eigenvalue weighted by atomic mass is 16.5. The van der Waals surface area contributed by atoms with Gasteiger partial charge < -0.3 is 14.2 Å². The number of anilines is 1. The van der Waals surface area contributed by atoms with E-state index < -0.39 is 6.04 Å². The third kappa shape index (κ3) is 4.11. The molecule has 1 saturated heterocycles. The van der Waals surface area contributed by atoms with Crippen molar-refractivity contribution in [1.82, 2.24) is 10.1 Å². The van der Waals surface area contributed by atoms with Crippen molar-refractivity contribution in [3.8, 4) is 0 Å². The van der Waals surface area contributed by atoms with Crippen LogP contribution in [0.15, 0.2) is 40.9 Å². The quantitative estimate of drug-likeness (QED) is 0.908. The number of hydrogen-bond acceptors (Lipinski definition) is 5. The number of aromatic nitrogens is 1. The predicted octanol–water partition coefficient (Wildman–Crippen LogP) is 2.34. The summed E-state index contributed by atoms with van der Waals surface area (Å²) in [7, 11) is 0. The summed E-state index contributed by atoms with van der Waals surface area (Å²) in [6.45, 7) is 6.49. The molecule has 1 fully saturated rings. The van der Waals surface area contributed by atoms with Crippen molar-refractivity contribution in [2.75, 3.05) is 18.5 Å². The molecule has 1 unspecified atom stereocenters. The van der Waals surface area contributed by atoms with Gasteiger partial charge in [0, 0.05) is 18.0 Å². The van der Waals surface area contributed by atoms with Crippen molar-refractivity contribution in [2.45, 2.75) is 38.8 Å². The Kier molecular flexibility index (Phi) is 5.08. The van der Waals surface area contributed by atoms with Crippen LogP contribution >= 0.6 is 0 Å². The maximum absolute atomic E-state index is 12.7. The summed E-state index contributed by atoms with van der Waals surface area (Å²) in [4.78, 5) is 26.5. The van der Waals surface area contributed by atoms with Crippen LogP contribution in [0.1, 0.15) is 32.0 Å². The minimum atomic E-state index is -0.723. The van der Waals surface area contributed by atoms with Gasteiger partial charge in [0.05, 0.1) is 12.3 Å². The largest absolute Gasteiger partial charge is 0.369 e. The number of carbonyl (C=O) groups is 2. The van der Waals surface area contributed by atoms with E-state index in [2.05, 4.69) is 10.5 Å². The molecule has 0 radical (unpaired) electrons. The third-order valence-corrected chi connectivity index (χ3v) is 4.22.